The molecule has 3 nitrogen and oxygen atoms in total. The van der Waals surface area contributed by atoms with E-state index in [-0.39, 0.29) is 5.78 Å². The van der Waals surface area contributed by atoms with Gasteiger partial charge in [0.05, 0.1) is 5.69 Å². The normalized spacial score (nSPS) is 10.7. The summed E-state index contributed by atoms with van der Waals surface area (Å²) in [6.45, 7) is 5.94. The number of hydrogen-bond acceptors (Lipinski definition) is 2. The van der Waals surface area contributed by atoms with Gasteiger partial charge in [-0.05, 0) is 19.4 Å². The topological polar surface area (TPSA) is 34.9 Å². The molecule has 2 aromatic rings. The zero-order chi connectivity index (χ0) is 13.3. The molecule has 0 unspecified atom stereocenters. The highest BCUT2D eigenvalue weighted by Gasteiger charge is 2.12. The maximum Gasteiger partial charge on any atom is 0.162 e. The summed E-state index contributed by atoms with van der Waals surface area (Å²) in [7, 11) is 1.95. The fourth-order valence-corrected chi connectivity index (χ4v) is 2.22. The third-order valence-electron chi connectivity index (χ3n) is 3.33. The molecule has 1 heterocycles. The van der Waals surface area contributed by atoms with Gasteiger partial charge in [-0.15, -0.1) is 0 Å². The van der Waals surface area contributed by atoms with E-state index in [9.17, 15) is 4.79 Å². The molecule has 0 amide bonds. The van der Waals surface area contributed by atoms with Crippen molar-refractivity contribution >= 4 is 5.78 Å². The van der Waals surface area contributed by atoms with Crippen LogP contribution in [0.15, 0.2) is 24.3 Å². The third-order valence-corrected chi connectivity index (χ3v) is 3.33. The zero-order valence-corrected chi connectivity index (χ0v) is 11.3. The fourth-order valence-electron chi connectivity index (χ4n) is 2.22. The molecule has 2 rings (SSSR count). The number of hydrogen-bond donors (Lipinski definition) is 0. The smallest absolute Gasteiger partial charge is 0.162 e. The van der Waals surface area contributed by atoms with E-state index in [0.29, 0.717) is 6.42 Å². The average Bonchev–Trinajstić information content (AvgIpc) is 2.63. The molecule has 0 aliphatic heterocycles. The summed E-state index contributed by atoms with van der Waals surface area (Å²) in [6.07, 6.45) is 0.546. The van der Waals surface area contributed by atoms with Crippen molar-refractivity contribution in [3.8, 4) is 11.1 Å². The Morgan fingerprint density at radius 1 is 1.22 bits per heavy atom. The van der Waals surface area contributed by atoms with Crippen LogP contribution in [-0.2, 0) is 7.05 Å². The minimum Gasteiger partial charge on any atom is -0.294 e. The van der Waals surface area contributed by atoms with Gasteiger partial charge >= 0.3 is 0 Å². The Hall–Kier alpha value is -1.90. The van der Waals surface area contributed by atoms with Crippen molar-refractivity contribution in [2.75, 3.05) is 0 Å². The molecule has 3 heteroatoms. The fraction of sp³-hybridized carbons (Fsp3) is 0.333. The maximum atomic E-state index is 11.6. The summed E-state index contributed by atoms with van der Waals surface area (Å²) in [5.41, 5.74) is 5.21. The first-order chi connectivity index (χ1) is 8.54. The molecule has 0 bridgehead atoms. The molecule has 0 saturated carbocycles. The van der Waals surface area contributed by atoms with Crippen molar-refractivity contribution in [3.05, 3.63) is 41.2 Å². The van der Waals surface area contributed by atoms with Gasteiger partial charge in [-0.3, -0.25) is 9.48 Å². The predicted molar refractivity (Wildman–Crippen MR) is 72.7 cm³/mol. The van der Waals surface area contributed by atoms with Gasteiger partial charge in [-0.1, -0.05) is 31.2 Å². The highest BCUT2D eigenvalue weighted by Crippen LogP contribution is 2.26. The second-order valence-electron chi connectivity index (χ2n) is 4.52. The number of ketones is 1. The standard InChI is InChI=1S/C15H18N2O/c1-5-14(18)12-6-8-13(9-7-12)15-10(2)16-17(4)11(15)3/h6-9H,5H2,1-4H3. The number of benzene rings is 1. The van der Waals surface area contributed by atoms with E-state index in [1.54, 1.807) is 0 Å². The number of aromatic nitrogens is 2. The highest BCUT2D eigenvalue weighted by molar-refractivity contribution is 5.96. The Morgan fingerprint density at radius 3 is 2.28 bits per heavy atom. The largest absolute Gasteiger partial charge is 0.294 e. The number of nitrogens with zero attached hydrogens (tertiary/aromatic N) is 2. The van der Waals surface area contributed by atoms with E-state index in [0.717, 1.165) is 28.1 Å². The monoisotopic (exact) mass is 242 g/mol. The Labute approximate surface area is 107 Å². The van der Waals surface area contributed by atoms with E-state index >= 15 is 0 Å². The van der Waals surface area contributed by atoms with Crippen LogP contribution in [0.5, 0.6) is 0 Å². The summed E-state index contributed by atoms with van der Waals surface area (Å²) >= 11 is 0. The van der Waals surface area contributed by atoms with Crippen LogP contribution in [0.3, 0.4) is 0 Å². The van der Waals surface area contributed by atoms with Crippen molar-refractivity contribution in [1.29, 1.82) is 0 Å². The molecule has 1 aromatic carbocycles. The first-order valence-electron chi connectivity index (χ1n) is 6.18. The second kappa shape index (κ2) is 4.77. The first kappa shape index (κ1) is 12.6. The first-order valence-corrected chi connectivity index (χ1v) is 6.18. The summed E-state index contributed by atoms with van der Waals surface area (Å²) in [5, 5.41) is 4.41. The number of Topliss-reactive ketones (excluding diaryl/α,β-unsaturated/α-hetero) is 1. The van der Waals surface area contributed by atoms with Crippen LogP contribution in [0.2, 0.25) is 0 Å². The lowest BCUT2D eigenvalue weighted by molar-refractivity contribution is 0.0988. The highest BCUT2D eigenvalue weighted by atomic mass is 16.1. The number of carbonyl (C=O) groups excluding carboxylic acids is 1. The Kier molecular flexibility index (Phi) is 3.32. The lowest BCUT2D eigenvalue weighted by Gasteiger charge is -2.04. The van der Waals surface area contributed by atoms with Crippen LogP contribution in [-0.4, -0.2) is 15.6 Å². The summed E-state index contributed by atoms with van der Waals surface area (Å²) in [6, 6.07) is 7.79. The van der Waals surface area contributed by atoms with Crippen molar-refractivity contribution in [2.45, 2.75) is 27.2 Å². The molecule has 0 radical (unpaired) electrons. The molecule has 18 heavy (non-hydrogen) atoms. The van der Waals surface area contributed by atoms with Crippen molar-refractivity contribution in [2.24, 2.45) is 7.05 Å². The van der Waals surface area contributed by atoms with Crippen LogP contribution in [0.25, 0.3) is 11.1 Å². The van der Waals surface area contributed by atoms with Gasteiger partial charge in [0, 0.05) is 30.3 Å². The van der Waals surface area contributed by atoms with E-state index in [1.165, 1.54) is 0 Å². The van der Waals surface area contributed by atoms with Gasteiger partial charge in [0.1, 0.15) is 0 Å². The van der Waals surface area contributed by atoms with Crippen molar-refractivity contribution in [1.82, 2.24) is 9.78 Å². The minimum absolute atomic E-state index is 0.182. The zero-order valence-electron chi connectivity index (χ0n) is 11.3. The molecule has 0 fully saturated rings. The number of rotatable bonds is 3. The minimum atomic E-state index is 0.182. The molecule has 0 aliphatic carbocycles. The molecule has 0 saturated heterocycles. The van der Waals surface area contributed by atoms with Gasteiger partial charge in [0.2, 0.25) is 0 Å². The Morgan fingerprint density at radius 2 is 1.83 bits per heavy atom. The molecule has 0 spiro atoms. The lowest BCUT2D eigenvalue weighted by Crippen LogP contribution is -1.96. The average molecular weight is 242 g/mol. The molecular weight excluding hydrogens is 224 g/mol. The van der Waals surface area contributed by atoms with Gasteiger partial charge in [-0.25, -0.2) is 0 Å². The third kappa shape index (κ3) is 2.08. The van der Waals surface area contributed by atoms with E-state index in [1.807, 2.05) is 49.8 Å². The van der Waals surface area contributed by atoms with Crippen LogP contribution >= 0.6 is 0 Å². The Bertz CT molecular complexity index is 579. The quantitative estimate of drug-likeness (QED) is 0.774. The molecule has 1 aromatic heterocycles. The predicted octanol–water partition coefficient (Wildman–Crippen LogP) is 3.30. The summed E-state index contributed by atoms with van der Waals surface area (Å²) in [5.74, 6) is 0.182. The molecule has 0 atom stereocenters. The molecular formula is C15H18N2O. The lowest BCUT2D eigenvalue weighted by atomic mass is 10.0. The molecule has 0 aliphatic rings. The van der Waals surface area contributed by atoms with E-state index in [4.69, 9.17) is 0 Å². The van der Waals surface area contributed by atoms with E-state index < -0.39 is 0 Å². The van der Waals surface area contributed by atoms with Gasteiger partial charge in [0.15, 0.2) is 5.78 Å². The molecule has 0 N–H and O–H groups in total. The maximum absolute atomic E-state index is 11.6. The van der Waals surface area contributed by atoms with Crippen LogP contribution in [0.4, 0.5) is 0 Å². The summed E-state index contributed by atoms with van der Waals surface area (Å²) in [4.78, 5) is 11.6. The van der Waals surface area contributed by atoms with Crippen LogP contribution in [0.1, 0.15) is 35.1 Å². The van der Waals surface area contributed by atoms with Crippen molar-refractivity contribution < 1.29 is 4.79 Å². The number of aryl methyl sites for hydroxylation is 2. The van der Waals surface area contributed by atoms with Gasteiger partial charge in [-0.2, -0.15) is 5.10 Å². The Balaban J connectivity index is 2.43. The number of carbonyl (C=O) groups is 1. The van der Waals surface area contributed by atoms with Gasteiger partial charge in [0.25, 0.3) is 0 Å². The van der Waals surface area contributed by atoms with Gasteiger partial charge < -0.3 is 0 Å². The van der Waals surface area contributed by atoms with E-state index in [2.05, 4.69) is 12.0 Å². The second-order valence-corrected chi connectivity index (χ2v) is 4.52. The van der Waals surface area contributed by atoms with Crippen molar-refractivity contribution in [3.63, 3.8) is 0 Å². The summed E-state index contributed by atoms with van der Waals surface area (Å²) < 4.78 is 1.88. The molecule has 94 valence electrons. The van der Waals surface area contributed by atoms with Crippen LogP contribution in [0, 0.1) is 13.8 Å². The SMILES string of the molecule is CCC(=O)c1ccc(-c2c(C)nn(C)c2C)cc1. The van der Waals surface area contributed by atoms with Crippen LogP contribution < -0.4 is 0 Å².